The van der Waals surface area contributed by atoms with E-state index in [1.165, 1.54) is 0 Å². The number of hydrogen-bond donors (Lipinski definition) is 1. The van der Waals surface area contributed by atoms with E-state index < -0.39 is 0 Å². The number of carbonyl (C=O) groups is 2. The molecule has 108 valence electrons. The molecule has 1 N–H and O–H groups in total. The number of amides is 1. The maximum absolute atomic E-state index is 11.8. The van der Waals surface area contributed by atoms with Crippen LogP contribution in [0.25, 0.3) is 0 Å². The van der Waals surface area contributed by atoms with Crippen molar-refractivity contribution >= 4 is 45.4 Å². The van der Waals surface area contributed by atoms with Crippen molar-refractivity contribution in [2.75, 3.05) is 11.9 Å². The molecule has 0 saturated carbocycles. The van der Waals surface area contributed by atoms with Gasteiger partial charge in [0.25, 0.3) is 5.91 Å². The van der Waals surface area contributed by atoms with E-state index in [0.29, 0.717) is 32.8 Å². The van der Waals surface area contributed by atoms with Gasteiger partial charge in [-0.05, 0) is 36.4 Å². The first-order valence-electron chi connectivity index (χ1n) is 6.01. The molecule has 0 atom stereocenters. The lowest BCUT2D eigenvalue weighted by atomic mass is 10.2. The lowest BCUT2D eigenvalue weighted by Crippen LogP contribution is -2.20. The molecule has 0 unspecified atom stereocenters. The van der Waals surface area contributed by atoms with E-state index in [4.69, 9.17) is 16.3 Å². The average Bonchev–Trinajstić information content (AvgIpc) is 2.46. The van der Waals surface area contributed by atoms with Crippen molar-refractivity contribution in [1.82, 2.24) is 0 Å². The molecule has 21 heavy (non-hydrogen) atoms. The zero-order chi connectivity index (χ0) is 15.2. The van der Waals surface area contributed by atoms with E-state index >= 15 is 0 Å². The lowest BCUT2D eigenvalue weighted by molar-refractivity contribution is -0.118. The normalized spacial score (nSPS) is 10.0. The minimum absolute atomic E-state index is 0.160. The Labute approximate surface area is 135 Å². The number of nitrogens with one attached hydrogen (secondary N) is 1. The monoisotopic (exact) mass is 367 g/mol. The zero-order valence-electron chi connectivity index (χ0n) is 10.8. The summed E-state index contributed by atoms with van der Waals surface area (Å²) in [5.41, 5.74) is 1.06. The molecule has 0 saturated heterocycles. The molecule has 0 aliphatic heterocycles. The Bertz CT molecular complexity index is 676. The van der Waals surface area contributed by atoms with Crippen molar-refractivity contribution in [3.8, 4) is 5.75 Å². The largest absolute Gasteiger partial charge is 0.484 e. The fraction of sp³-hybridized carbons (Fsp3) is 0.0667. The predicted octanol–water partition coefficient (Wildman–Crippen LogP) is 3.93. The highest BCUT2D eigenvalue weighted by molar-refractivity contribution is 9.10. The van der Waals surface area contributed by atoms with Crippen LogP contribution in [0.4, 0.5) is 5.69 Å². The third-order valence-electron chi connectivity index (χ3n) is 2.57. The molecule has 0 fully saturated rings. The Morgan fingerprint density at radius 3 is 2.81 bits per heavy atom. The molecule has 6 heteroatoms. The molecule has 2 aromatic rings. The van der Waals surface area contributed by atoms with Crippen LogP contribution in [0.3, 0.4) is 0 Å². The SMILES string of the molecule is O=Cc1cc(OCC(=O)Nc2cccc(Cl)c2)ccc1Br. The average molecular weight is 369 g/mol. The standard InChI is InChI=1S/C15H11BrClNO3/c16-14-5-4-13(6-10(14)8-19)21-9-15(20)18-12-3-1-2-11(17)7-12/h1-8H,9H2,(H,18,20). The predicted molar refractivity (Wildman–Crippen MR) is 85.1 cm³/mol. The first-order chi connectivity index (χ1) is 10.1. The molecule has 0 spiro atoms. The van der Waals surface area contributed by atoms with E-state index in [2.05, 4.69) is 21.2 Å². The van der Waals surface area contributed by atoms with Crippen molar-refractivity contribution in [2.45, 2.75) is 0 Å². The van der Waals surface area contributed by atoms with Crippen LogP contribution in [0.5, 0.6) is 5.75 Å². The van der Waals surface area contributed by atoms with Crippen molar-refractivity contribution in [2.24, 2.45) is 0 Å². The van der Waals surface area contributed by atoms with Crippen molar-refractivity contribution in [3.05, 3.63) is 57.5 Å². The summed E-state index contributed by atoms with van der Waals surface area (Å²) in [6, 6.07) is 11.7. The summed E-state index contributed by atoms with van der Waals surface area (Å²) >= 11 is 9.07. The van der Waals surface area contributed by atoms with Crippen LogP contribution in [-0.4, -0.2) is 18.8 Å². The quantitative estimate of drug-likeness (QED) is 0.814. The molecule has 0 aliphatic rings. The summed E-state index contributed by atoms with van der Waals surface area (Å²) in [6.07, 6.45) is 0.711. The van der Waals surface area contributed by atoms with Crippen molar-refractivity contribution < 1.29 is 14.3 Å². The van der Waals surface area contributed by atoms with Gasteiger partial charge in [0, 0.05) is 20.7 Å². The maximum atomic E-state index is 11.8. The Balaban J connectivity index is 1.93. The molecule has 0 aliphatic carbocycles. The molecule has 0 heterocycles. The van der Waals surface area contributed by atoms with Gasteiger partial charge in [0.1, 0.15) is 5.75 Å². The van der Waals surface area contributed by atoms with Crippen LogP contribution in [-0.2, 0) is 4.79 Å². The van der Waals surface area contributed by atoms with Gasteiger partial charge in [0.05, 0.1) is 0 Å². The minimum atomic E-state index is -0.312. The number of aldehydes is 1. The molecule has 1 amide bonds. The Hall–Kier alpha value is -1.85. The van der Waals surface area contributed by atoms with Gasteiger partial charge in [-0.2, -0.15) is 0 Å². The summed E-state index contributed by atoms with van der Waals surface area (Å²) in [6.45, 7) is -0.160. The maximum Gasteiger partial charge on any atom is 0.262 e. The number of ether oxygens (including phenoxy) is 1. The number of rotatable bonds is 5. The van der Waals surface area contributed by atoms with E-state index in [-0.39, 0.29) is 12.5 Å². The molecule has 0 bridgehead atoms. The summed E-state index contributed by atoms with van der Waals surface area (Å²) in [5.74, 6) is 0.134. The second kappa shape index (κ2) is 7.24. The zero-order valence-corrected chi connectivity index (χ0v) is 13.1. The Morgan fingerprint density at radius 1 is 1.29 bits per heavy atom. The topological polar surface area (TPSA) is 55.4 Å². The summed E-state index contributed by atoms with van der Waals surface area (Å²) in [4.78, 5) is 22.6. The molecule has 4 nitrogen and oxygen atoms in total. The third kappa shape index (κ3) is 4.58. The van der Waals surface area contributed by atoms with Crippen LogP contribution in [0.15, 0.2) is 46.9 Å². The highest BCUT2D eigenvalue weighted by atomic mass is 79.9. The number of carbonyl (C=O) groups excluding carboxylic acids is 2. The van der Waals surface area contributed by atoms with E-state index in [9.17, 15) is 9.59 Å². The fourth-order valence-corrected chi connectivity index (χ4v) is 2.14. The first kappa shape index (κ1) is 15.5. The van der Waals surface area contributed by atoms with Gasteiger partial charge in [0.2, 0.25) is 0 Å². The molecule has 0 aromatic heterocycles. The van der Waals surface area contributed by atoms with Crippen LogP contribution >= 0.6 is 27.5 Å². The molecule has 0 radical (unpaired) electrons. The van der Waals surface area contributed by atoms with E-state index in [1.54, 1.807) is 42.5 Å². The molecule has 2 rings (SSSR count). The lowest BCUT2D eigenvalue weighted by Gasteiger charge is -2.08. The van der Waals surface area contributed by atoms with Gasteiger partial charge < -0.3 is 10.1 Å². The Kier molecular flexibility index (Phi) is 5.36. The van der Waals surface area contributed by atoms with Crippen LogP contribution in [0, 0.1) is 0 Å². The summed E-state index contributed by atoms with van der Waals surface area (Å²) < 4.78 is 6.02. The van der Waals surface area contributed by atoms with Crippen LogP contribution < -0.4 is 10.1 Å². The summed E-state index contributed by atoms with van der Waals surface area (Å²) in [7, 11) is 0. The number of benzene rings is 2. The third-order valence-corrected chi connectivity index (χ3v) is 3.53. The number of anilines is 1. The van der Waals surface area contributed by atoms with E-state index in [1.807, 2.05) is 0 Å². The Morgan fingerprint density at radius 2 is 2.10 bits per heavy atom. The highest BCUT2D eigenvalue weighted by Gasteiger charge is 2.06. The highest BCUT2D eigenvalue weighted by Crippen LogP contribution is 2.21. The first-order valence-corrected chi connectivity index (χ1v) is 7.18. The van der Waals surface area contributed by atoms with Gasteiger partial charge in [0.15, 0.2) is 12.9 Å². The fourth-order valence-electron chi connectivity index (χ4n) is 1.61. The molecular weight excluding hydrogens is 358 g/mol. The van der Waals surface area contributed by atoms with Gasteiger partial charge in [-0.25, -0.2) is 0 Å². The van der Waals surface area contributed by atoms with E-state index in [0.717, 1.165) is 0 Å². The smallest absolute Gasteiger partial charge is 0.262 e. The second-order valence-corrected chi connectivity index (χ2v) is 5.44. The van der Waals surface area contributed by atoms with Crippen LogP contribution in [0.1, 0.15) is 10.4 Å². The summed E-state index contributed by atoms with van der Waals surface area (Å²) in [5, 5.41) is 3.20. The van der Waals surface area contributed by atoms with Crippen LogP contribution in [0.2, 0.25) is 5.02 Å². The van der Waals surface area contributed by atoms with Crippen molar-refractivity contribution in [1.29, 1.82) is 0 Å². The molecule has 2 aromatic carbocycles. The van der Waals surface area contributed by atoms with Crippen molar-refractivity contribution in [3.63, 3.8) is 0 Å². The second-order valence-electron chi connectivity index (χ2n) is 4.15. The van der Waals surface area contributed by atoms with Gasteiger partial charge in [-0.3, -0.25) is 9.59 Å². The number of hydrogen-bond acceptors (Lipinski definition) is 3. The van der Waals surface area contributed by atoms with Gasteiger partial charge in [-0.15, -0.1) is 0 Å². The van der Waals surface area contributed by atoms with Gasteiger partial charge >= 0.3 is 0 Å². The van der Waals surface area contributed by atoms with Gasteiger partial charge in [-0.1, -0.05) is 33.6 Å². The molecular formula is C15H11BrClNO3. The number of halogens is 2. The minimum Gasteiger partial charge on any atom is -0.484 e.